The van der Waals surface area contributed by atoms with Crippen LogP contribution >= 0.6 is 0 Å². The van der Waals surface area contributed by atoms with E-state index in [-0.39, 0.29) is 16.8 Å². The fraction of sp³-hybridized carbons (Fsp3) is 0. The molecule has 0 amide bonds. The van der Waals surface area contributed by atoms with E-state index in [2.05, 4.69) is 10.0 Å². The fourth-order valence-electron chi connectivity index (χ4n) is 1.75. The van der Waals surface area contributed by atoms with Gasteiger partial charge in [0.25, 0.3) is 10.1 Å². The molecule has 8 heteroatoms. The molecule has 2 aromatic rings. The second kappa shape index (κ2) is 4.19. The highest BCUT2D eigenvalue weighted by molar-refractivity contribution is 7.86. The van der Waals surface area contributed by atoms with Crippen molar-refractivity contribution in [3.05, 3.63) is 40.8 Å². The molecule has 0 aliphatic heterocycles. The second-order valence-electron chi connectivity index (χ2n) is 3.52. The third kappa shape index (κ3) is 1.95. The molecule has 0 fully saturated rings. The Bertz CT molecular complexity index is 779. The molecular formula is C10H8N4O3S. The van der Waals surface area contributed by atoms with Crippen molar-refractivity contribution in [2.45, 2.75) is 4.90 Å². The van der Waals surface area contributed by atoms with E-state index in [1.165, 1.54) is 12.1 Å². The quantitative estimate of drug-likeness (QED) is 0.284. The summed E-state index contributed by atoms with van der Waals surface area (Å²) in [5.41, 5.74) is 14.2. The van der Waals surface area contributed by atoms with Gasteiger partial charge in [-0.2, -0.15) is 8.42 Å². The van der Waals surface area contributed by atoms with Gasteiger partial charge < -0.3 is 5.73 Å². The molecule has 0 atom stereocenters. The lowest BCUT2D eigenvalue weighted by molar-refractivity contribution is 0.484. The van der Waals surface area contributed by atoms with Gasteiger partial charge in [-0.3, -0.25) is 4.55 Å². The zero-order chi connectivity index (χ0) is 13.3. The number of anilines is 1. The molecule has 0 bridgehead atoms. The highest BCUT2D eigenvalue weighted by Crippen LogP contribution is 2.36. The van der Waals surface area contributed by atoms with Gasteiger partial charge in [0.2, 0.25) is 0 Å². The second-order valence-corrected chi connectivity index (χ2v) is 4.88. The van der Waals surface area contributed by atoms with Crippen LogP contribution in [0.1, 0.15) is 0 Å². The number of benzene rings is 2. The predicted molar refractivity (Wildman–Crippen MR) is 67.0 cm³/mol. The Labute approximate surface area is 102 Å². The van der Waals surface area contributed by atoms with Gasteiger partial charge in [-0.05, 0) is 11.6 Å². The van der Waals surface area contributed by atoms with Crippen LogP contribution in [-0.2, 0) is 10.1 Å². The van der Waals surface area contributed by atoms with Crippen LogP contribution in [0.2, 0.25) is 0 Å². The molecule has 2 aromatic carbocycles. The number of fused-ring (bicyclic) bond motifs is 1. The normalized spacial score (nSPS) is 11.2. The van der Waals surface area contributed by atoms with Gasteiger partial charge in [0.15, 0.2) is 0 Å². The maximum absolute atomic E-state index is 11.4. The van der Waals surface area contributed by atoms with Crippen molar-refractivity contribution in [3.8, 4) is 0 Å². The molecule has 0 unspecified atom stereocenters. The minimum absolute atomic E-state index is 0.211. The summed E-state index contributed by atoms with van der Waals surface area (Å²) in [5, 5.41) is 3.92. The monoisotopic (exact) mass is 264 g/mol. The van der Waals surface area contributed by atoms with E-state index in [9.17, 15) is 13.0 Å². The lowest BCUT2D eigenvalue weighted by Gasteiger charge is -2.09. The Balaban J connectivity index is 3.07. The van der Waals surface area contributed by atoms with E-state index >= 15 is 0 Å². The summed E-state index contributed by atoms with van der Waals surface area (Å²) in [7, 11) is -4.52. The van der Waals surface area contributed by atoms with Gasteiger partial charge in [0.05, 0.1) is 5.69 Å². The Hall–Kier alpha value is -2.28. The number of hydrogen-bond donors (Lipinski definition) is 2. The van der Waals surface area contributed by atoms with Crippen molar-refractivity contribution in [3.63, 3.8) is 0 Å². The van der Waals surface area contributed by atoms with Crippen molar-refractivity contribution in [1.82, 2.24) is 0 Å². The first-order valence-corrected chi connectivity index (χ1v) is 6.23. The Morgan fingerprint density at radius 3 is 2.44 bits per heavy atom. The molecule has 0 heterocycles. The zero-order valence-electron chi connectivity index (χ0n) is 8.98. The number of rotatable bonds is 2. The number of nitrogen functional groups attached to an aromatic ring is 1. The molecule has 2 rings (SSSR count). The summed E-state index contributed by atoms with van der Waals surface area (Å²) in [6.45, 7) is 0. The molecule has 0 saturated heterocycles. The average molecular weight is 264 g/mol. The standard InChI is InChI=1S/C10H8N4O3S/c11-8-5-9(13-14-12)10(18(15,16)17)7-4-2-1-3-6(7)8/h1-5H,11H2,(H,15,16,17). The van der Waals surface area contributed by atoms with Gasteiger partial charge in [-0.1, -0.05) is 29.4 Å². The third-order valence-corrected chi connectivity index (χ3v) is 3.36. The lowest BCUT2D eigenvalue weighted by atomic mass is 10.1. The minimum atomic E-state index is -4.52. The van der Waals surface area contributed by atoms with Crippen LogP contribution in [0.5, 0.6) is 0 Å². The van der Waals surface area contributed by atoms with Gasteiger partial charge in [0, 0.05) is 21.4 Å². The molecule has 0 aliphatic rings. The van der Waals surface area contributed by atoms with Crippen molar-refractivity contribution in [1.29, 1.82) is 0 Å². The minimum Gasteiger partial charge on any atom is -0.398 e. The summed E-state index contributed by atoms with van der Waals surface area (Å²) in [6, 6.07) is 7.57. The van der Waals surface area contributed by atoms with Gasteiger partial charge >= 0.3 is 0 Å². The summed E-state index contributed by atoms with van der Waals surface area (Å²) >= 11 is 0. The zero-order valence-corrected chi connectivity index (χ0v) is 9.79. The number of hydrogen-bond acceptors (Lipinski definition) is 4. The van der Waals surface area contributed by atoms with Crippen LogP contribution in [0.3, 0.4) is 0 Å². The highest BCUT2D eigenvalue weighted by atomic mass is 32.2. The van der Waals surface area contributed by atoms with Crippen LogP contribution < -0.4 is 5.73 Å². The van der Waals surface area contributed by atoms with Gasteiger partial charge in [-0.15, -0.1) is 0 Å². The molecular weight excluding hydrogens is 256 g/mol. The molecule has 18 heavy (non-hydrogen) atoms. The smallest absolute Gasteiger partial charge is 0.295 e. The SMILES string of the molecule is [N-]=[N+]=Nc1cc(N)c2ccccc2c1S(=O)(=O)O. The van der Waals surface area contributed by atoms with Gasteiger partial charge in [-0.25, -0.2) is 0 Å². The molecule has 0 aliphatic carbocycles. The average Bonchev–Trinajstić information content (AvgIpc) is 2.28. The van der Waals surface area contributed by atoms with Crippen LogP contribution in [0.25, 0.3) is 21.2 Å². The van der Waals surface area contributed by atoms with E-state index in [1.807, 2.05) is 0 Å². The Morgan fingerprint density at radius 2 is 1.89 bits per heavy atom. The predicted octanol–water partition coefficient (Wildman–Crippen LogP) is 2.61. The van der Waals surface area contributed by atoms with Crippen molar-refractivity contribution < 1.29 is 13.0 Å². The van der Waals surface area contributed by atoms with E-state index < -0.39 is 15.0 Å². The van der Waals surface area contributed by atoms with Crippen molar-refractivity contribution in [2.75, 3.05) is 5.73 Å². The third-order valence-electron chi connectivity index (χ3n) is 2.42. The summed E-state index contributed by atoms with van der Waals surface area (Å²) in [6.07, 6.45) is 0. The van der Waals surface area contributed by atoms with Crippen molar-refractivity contribution in [2.24, 2.45) is 5.11 Å². The first kappa shape index (κ1) is 12.2. The van der Waals surface area contributed by atoms with Crippen molar-refractivity contribution >= 4 is 32.3 Å². The Kier molecular flexibility index (Phi) is 2.84. The molecule has 0 spiro atoms. The molecule has 92 valence electrons. The Morgan fingerprint density at radius 1 is 1.28 bits per heavy atom. The number of nitrogens with two attached hydrogens (primary N) is 1. The molecule has 0 aromatic heterocycles. The summed E-state index contributed by atoms with van der Waals surface area (Å²) in [4.78, 5) is 2.08. The van der Waals surface area contributed by atoms with E-state index in [4.69, 9.17) is 11.3 Å². The highest BCUT2D eigenvalue weighted by Gasteiger charge is 2.20. The van der Waals surface area contributed by atoms with Crippen LogP contribution in [0, 0.1) is 0 Å². The van der Waals surface area contributed by atoms with Crippen LogP contribution in [-0.4, -0.2) is 13.0 Å². The first-order chi connectivity index (χ1) is 8.45. The van der Waals surface area contributed by atoms with Gasteiger partial charge in [0.1, 0.15) is 4.90 Å². The molecule has 0 radical (unpaired) electrons. The maximum Gasteiger partial charge on any atom is 0.295 e. The van der Waals surface area contributed by atoms with Crippen LogP contribution in [0.15, 0.2) is 40.3 Å². The van der Waals surface area contributed by atoms with E-state index in [0.717, 1.165) is 0 Å². The van der Waals surface area contributed by atoms with E-state index in [0.29, 0.717) is 5.39 Å². The fourth-order valence-corrected chi connectivity index (χ4v) is 2.57. The molecule has 0 saturated carbocycles. The topological polar surface area (TPSA) is 129 Å². The first-order valence-electron chi connectivity index (χ1n) is 4.79. The number of azide groups is 1. The summed E-state index contributed by atoms with van der Waals surface area (Å²) < 4.78 is 32.0. The number of nitrogens with zero attached hydrogens (tertiary/aromatic N) is 3. The van der Waals surface area contributed by atoms with E-state index in [1.54, 1.807) is 18.2 Å². The maximum atomic E-state index is 11.4. The largest absolute Gasteiger partial charge is 0.398 e. The summed E-state index contributed by atoms with van der Waals surface area (Å²) in [5.74, 6) is 0. The lowest BCUT2D eigenvalue weighted by Crippen LogP contribution is -2.01. The molecule has 3 N–H and O–H groups in total. The van der Waals surface area contributed by atoms with Crippen LogP contribution in [0.4, 0.5) is 11.4 Å². The molecule has 7 nitrogen and oxygen atoms in total.